The molecule has 2 aliphatic carbocycles. The van der Waals surface area contributed by atoms with Crippen molar-refractivity contribution < 1.29 is 3.07 Å². The first kappa shape index (κ1) is 11.2. The SMILES string of the molecule is CCC(OI)C1CC2CCCC(C2)C1. The van der Waals surface area contributed by atoms with Crippen LogP contribution in [-0.2, 0) is 3.07 Å². The van der Waals surface area contributed by atoms with Crippen LogP contribution in [0, 0.1) is 17.8 Å². The Labute approximate surface area is 102 Å². The van der Waals surface area contributed by atoms with Crippen LogP contribution in [0.1, 0.15) is 51.9 Å². The third-order valence-corrected chi connectivity index (χ3v) is 4.86. The molecule has 0 N–H and O–H groups in total. The Morgan fingerprint density at radius 1 is 1.21 bits per heavy atom. The van der Waals surface area contributed by atoms with E-state index in [9.17, 15) is 0 Å². The van der Waals surface area contributed by atoms with Gasteiger partial charge in [0.25, 0.3) is 0 Å². The van der Waals surface area contributed by atoms with Crippen LogP contribution in [0.25, 0.3) is 0 Å². The molecule has 0 saturated heterocycles. The van der Waals surface area contributed by atoms with Crippen LogP contribution in [0.4, 0.5) is 0 Å². The summed E-state index contributed by atoms with van der Waals surface area (Å²) < 4.78 is 5.57. The molecule has 0 amide bonds. The zero-order valence-electron chi connectivity index (χ0n) is 9.05. The molecule has 82 valence electrons. The molecule has 0 aromatic carbocycles. The van der Waals surface area contributed by atoms with E-state index in [4.69, 9.17) is 3.07 Å². The lowest BCUT2D eigenvalue weighted by molar-refractivity contribution is 0.0671. The van der Waals surface area contributed by atoms with Gasteiger partial charge in [-0.05, 0) is 43.4 Å². The number of halogens is 1. The highest BCUT2D eigenvalue weighted by molar-refractivity contribution is 14.1. The second-order valence-electron chi connectivity index (χ2n) is 5.17. The van der Waals surface area contributed by atoms with Gasteiger partial charge >= 0.3 is 0 Å². The van der Waals surface area contributed by atoms with E-state index in [2.05, 4.69) is 29.9 Å². The van der Waals surface area contributed by atoms with Crippen LogP contribution in [0.3, 0.4) is 0 Å². The van der Waals surface area contributed by atoms with Crippen molar-refractivity contribution in [2.45, 2.75) is 58.0 Å². The van der Waals surface area contributed by atoms with Gasteiger partial charge in [-0.15, -0.1) is 0 Å². The molecule has 2 heteroatoms. The number of hydrogen-bond donors (Lipinski definition) is 0. The molecule has 2 saturated carbocycles. The molecule has 14 heavy (non-hydrogen) atoms. The molecule has 0 aromatic heterocycles. The van der Waals surface area contributed by atoms with Crippen molar-refractivity contribution in [2.75, 3.05) is 0 Å². The second kappa shape index (κ2) is 5.15. The Bertz CT molecular complexity index is 167. The van der Waals surface area contributed by atoms with Crippen LogP contribution in [-0.4, -0.2) is 6.10 Å². The van der Waals surface area contributed by atoms with Crippen molar-refractivity contribution in [3.63, 3.8) is 0 Å². The number of fused-ring (bicyclic) bond motifs is 2. The fourth-order valence-electron chi connectivity index (χ4n) is 3.56. The highest BCUT2D eigenvalue weighted by Crippen LogP contribution is 2.44. The Morgan fingerprint density at radius 3 is 2.36 bits per heavy atom. The van der Waals surface area contributed by atoms with Crippen LogP contribution >= 0.6 is 23.0 Å². The first-order valence-electron chi connectivity index (χ1n) is 6.10. The van der Waals surface area contributed by atoms with Crippen LogP contribution in [0.15, 0.2) is 0 Å². The summed E-state index contributed by atoms with van der Waals surface area (Å²) in [7, 11) is 0. The highest BCUT2D eigenvalue weighted by atomic mass is 127. The molecule has 3 atom stereocenters. The average molecular weight is 308 g/mol. The van der Waals surface area contributed by atoms with Gasteiger partial charge in [0.2, 0.25) is 0 Å². The molecular formula is C12H21IO. The van der Waals surface area contributed by atoms with Gasteiger partial charge in [0.1, 0.15) is 23.0 Å². The average Bonchev–Trinajstić information content (AvgIpc) is 2.19. The van der Waals surface area contributed by atoms with Crippen molar-refractivity contribution in [1.29, 1.82) is 0 Å². The molecule has 1 nitrogen and oxygen atoms in total. The van der Waals surface area contributed by atoms with Gasteiger partial charge in [0.05, 0.1) is 6.10 Å². The van der Waals surface area contributed by atoms with E-state index in [1.54, 1.807) is 0 Å². The summed E-state index contributed by atoms with van der Waals surface area (Å²) in [4.78, 5) is 0. The van der Waals surface area contributed by atoms with Crippen molar-refractivity contribution in [3.05, 3.63) is 0 Å². The van der Waals surface area contributed by atoms with Gasteiger partial charge < -0.3 is 3.07 Å². The molecule has 2 fully saturated rings. The molecule has 2 aliphatic rings. The topological polar surface area (TPSA) is 9.23 Å². The van der Waals surface area contributed by atoms with E-state index in [0.29, 0.717) is 6.10 Å². The quantitative estimate of drug-likeness (QED) is 0.704. The fraction of sp³-hybridized carbons (Fsp3) is 1.00. The smallest absolute Gasteiger partial charge is 0.110 e. The Hall–Kier alpha value is 0.690. The first-order chi connectivity index (χ1) is 6.83. The molecule has 0 radical (unpaired) electrons. The Morgan fingerprint density at radius 2 is 1.86 bits per heavy atom. The lowest BCUT2D eigenvalue weighted by atomic mass is 9.66. The van der Waals surface area contributed by atoms with E-state index in [1.807, 2.05) is 0 Å². The predicted molar refractivity (Wildman–Crippen MR) is 67.4 cm³/mol. The minimum Gasteiger partial charge on any atom is -0.312 e. The third-order valence-electron chi connectivity index (χ3n) is 4.21. The maximum Gasteiger partial charge on any atom is 0.110 e. The van der Waals surface area contributed by atoms with Crippen LogP contribution in [0.5, 0.6) is 0 Å². The maximum absolute atomic E-state index is 5.57. The predicted octanol–water partition coefficient (Wildman–Crippen LogP) is 4.35. The number of hydrogen-bond acceptors (Lipinski definition) is 1. The molecule has 0 spiro atoms. The van der Waals surface area contributed by atoms with E-state index in [0.717, 1.165) is 17.8 Å². The molecule has 3 unspecified atom stereocenters. The molecule has 2 rings (SSSR count). The Kier molecular flexibility index (Phi) is 4.11. The Balaban J connectivity index is 1.94. The zero-order chi connectivity index (χ0) is 9.97. The van der Waals surface area contributed by atoms with Crippen molar-refractivity contribution in [2.24, 2.45) is 17.8 Å². The lowest BCUT2D eigenvalue weighted by Crippen LogP contribution is -2.33. The van der Waals surface area contributed by atoms with E-state index in [-0.39, 0.29) is 0 Å². The largest absolute Gasteiger partial charge is 0.312 e. The summed E-state index contributed by atoms with van der Waals surface area (Å²) in [5.41, 5.74) is 0. The van der Waals surface area contributed by atoms with E-state index >= 15 is 0 Å². The van der Waals surface area contributed by atoms with E-state index in [1.165, 1.54) is 44.9 Å². The first-order valence-corrected chi connectivity index (χ1v) is 6.99. The normalized spacial score (nSPS) is 39.4. The summed E-state index contributed by atoms with van der Waals surface area (Å²) >= 11 is 2.10. The third kappa shape index (κ3) is 2.43. The highest BCUT2D eigenvalue weighted by Gasteiger charge is 2.35. The fourth-order valence-corrected chi connectivity index (χ4v) is 4.33. The van der Waals surface area contributed by atoms with Gasteiger partial charge in [-0.25, -0.2) is 0 Å². The van der Waals surface area contributed by atoms with Gasteiger partial charge in [-0.3, -0.25) is 0 Å². The molecule has 0 heterocycles. The molecular weight excluding hydrogens is 287 g/mol. The second-order valence-corrected chi connectivity index (χ2v) is 5.67. The molecule has 0 aromatic rings. The maximum atomic E-state index is 5.57. The van der Waals surface area contributed by atoms with Gasteiger partial charge in [-0.1, -0.05) is 26.2 Å². The van der Waals surface area contributed by atoms with Crippen LogP contribution in [0.2, 0.25) is 0 Å². The standard InChI is InChI=1S/C12H21IO/c1-2-12(14-13)11-7-9-4-3-5-10(6-9)8-11/h9-12H,2-8H2,1H3. The van der Waals surface area contributed by atoms with E-state index < -0.39 is 0 Å². The van der Waals surface area contributed by atoms with Gasteiger partial charge in [0, 0.05) is 0 Å². The van der Waals surface area contributed by atoms with Crippen molar-refractivity contribution in [3.8, 4) is 0 Å². The molecule has 0 aliphatic heterocycles. The van der Waals surface area contributed by atoms with Gasteiger partial charge in [-0.2, -0.15) is 0 Å². The number of rotatable bonds is 3. The zero-order valence-corrected chi connectivity index (χ0v) is 11.2. The monoisotopic (exact) mass is 308 g/mol. The van der Waals surface area contributed by atoms with Crippen molar-refractivity contribution in [1.82, 2.24) is 0 Å². The summed E-state index contributed by atoms with van der Waals surface area (Å²) in [6, 6.07) is 0. The summed E-state index contributed by atoms with van der Waals surface area (Å²) in [6.07, 6.45) is 10.6. The lowest BCUT2D eigenvalue weighted by Gasteiger charge is -2.41. The minimum absolute atomic E-state index is 0.527. The van der Waals surface area contributed by atoms with Gasteiger partial charge in [0.15, 0.2) is 0 Å². The summed E-state index contributed by atoms with van der Waals surface area (Å²) in [5.74, 6) is 2.93. The minimum atomic E-state index is 0.527. The van der Waals surface area contributed by atoms with Crippen LogP contribution < -0.4 is 0 Å². The van der Waals surface area contributed by atoms with Crippen molar-refractivity contribution >= 4 is 23.0 Å². The summed E-state index contributed by atoms with van der Waals surface area (Å²) in [5, 5.41) is 0. The summed E-state index contributed by atoms with van der Waals surface area (Å²) in [6.45, 7) is 2.26. The molecule has 2 bridgehead atoms.